The predicted molar refractivity (Wildman–Crippen MR) is 139 cm³/mol. The first-order valence-corrected chi connectivity index (χ1v) is 12.9. The average Bonchev–Trinajstić information content (AvgIpc) is 3.58. The van der Waals surface area contributed by atoms with Gasteiger partial charge in [-0.3, -0.25) is 9.69 Å². The lowest BCUT2D eigenvalue weighted by molar-refractivity contribution is -0.137. The number of fused-ring (bicyclic) bond motifs is 1. The minimum absolute atomic E-state index is 0.0151. The zero-order valence-electron chi connectivity index (χ0n) is 20.9. The maximum Gasteiger partial charge on any atom is 0.318 e. The largest absolute Gasteiger partial charge is 0.492 e. The predicted octanol–water partition coefficient (Wildman–Crippen LogP) is 5.46. The third-order valence-electron chi connectivity index (χ3n) is 7.13. The van der Waals surface area contributed by atoms with E-state index in [2.05, 4.69) is 26.3 Å². The summed E-state index contributed by atoms with van der Waals surface area (Å²) in [5.74, 6) is 1.04. The van der Waals surface area contributed by atoms with Crippen molar-refractivity contribution >= 4 is 40.0 Å². The van der Waals surface area contributed by atoms with E-state index in [9.17, 15) is 9.18 Å². The number of esters is 1. The van der Waals surface area contributed by atoms with Crippen LogP contribution in [0.3, 0.4) is 0 Å². The summed E-state index contributed by atoms with van der Waals surface area (Å²) in [6, 6.07) is 8.75. The van der Waals surface area contributed by atoms with E-state index < -0.39 is 5.82 Å². The van der Waals surface area contributed by atoms with Crippen molar-refractivity contribution in [2.75, 3.05) is 39.2 Å². The zero-order valence-corrected chi connectivity index (χ0v) is 21.7. The molecule has 0 bridgehead atoms. The van der Waals surface area contributed by atoms with Gasteiger partial charge in [-0.1, -0.05) is 24.4 Å². The number of rotatable bonds is 9. The number of anilines is 2. The third-order valence-corrected chi connectivity index (χ3v) is 7.42. The highest BCUT2D eigenvalue weighted by Crippen LogP contribution is 2.42. The fourth-order valence-corrected chi connectivity index (χ4v) is 5.17. The van der Waals surface area contributed by atoms with Crippen LogP contribution in [0.4, 0.5) is 15.9 Å². The van der Waals surface area contributed by atoms with Crippen LogP contribution < -0.4 is 14.8 Å². The molecule has 3 aromatic rings. The van der Waals surface area contributed by atoms with Crippen LogP contribution in [-0.2, 0) is 9.53 Å². The number of carbonyl (C=O) groups excluding carboxylic acids is 1. The first kappa shape index (κ1) is 25.5. The van der Waals surface area contributed by atoms with E-state index in [4.69, 9.17) is 25.8 Å². The van der Waals surface area contributed by atoms with E-state index in [0.29, 0.717) is 43.6 Å². The Kier molecular flexibility index (Phi) is 7.62. The summed E-state index contributed by atoms with van der Waals surface area (Å²) in [6.07, 6.45) is 4.98. The van der Waals surface area contributed by atoms with Crippen LogP contribution in [0.5, 0.6) is 11.8 Å². The maximum absolute atomic E-state index is 13.7. The average molecular weight is 529 g/mol. The monoisotopic (exact) mass is 528 g/mol. The molecule has 8 nitrogen and oxygen atoms in total. The Hall–Kier alpha value is -3.17. The van der Waals surface area contributed by atoms with Crippen LogP contribution in [0.25, 0.3) is 10.9 Å². The van der Waals surface area contributed by atoms with Crippen LogP contribution in [0.15, 0.2) is 30.3 Å². The molecule has 2 aliphatic rings. The van der Waals surface area contributed by atoms with Crippen LogP contribution in [0.1, 0.15) is 43.6 Å². The van der Waals surface area contributed by atoms with E-state index >= 15 is 0 Å². The summed E-state index contributed by atoms with van der Waals surface area (Å²) in [4.78, 5) is 22.7. The Bertz CT molecular complexity index is 1300. The molecule has 1 N–H and O–H groups in total. The highest BCUT2D eigenvalue weighted by Gasteiger charge is 2.27. The van der Waals surface area contributed by atoms with E-state index in [-0.39, 0.29) is 23.0 Å². The van der Waals surface area contributed by atoms with Gasteiger partial charge in [0.2, 0.25) is 0 Å². The first-order chi connectivity index (χ1) is 17.9. The second-order valence-electron chi connectivity index (χ2n) is 9.57. The Morgan fingerprint density at radius 1 is 1.22 bits per heavy atom. The highest BCUT2D eigenvalue weighted by molar-refractivity contribution is 6.31. The number of cyclic esters (lactones) is 1. The quantitative estimate of drug-likeness (QED) is 0.366. The SMILES string of the molecule is COc1nc(Nc2ccc(F)c(Cl)c2)c2cc(OCCN(C)C3COC(=O)C3)c(C3CCCC3)cc2n1. The Morgan fingerprint density at radius 3 is 2.73 bits per heavy atom. The van der Waals surface area contributed by atoms with Gasteiger partial charge in [-0.25, -0.2) is 4.39 Å². The fourth-order valence-electron chi connectivity index (χ4n) is 4.99. The molecule has 0 spiro atoms. The molecule has 1 atom stereocenters. The molecule has 196 valence electrons. The number of carbonyl (C=O) groups is 1. The molecule has 1 saturated carbocycles. The van der Waals surface area contributed by atoms with Gasteiger partial charge in [0.05, 0.1) is 30.1 Å². The second kappa shape index (κ2) is 11.1. The molecule has 37 heavy (non-hydrogen) atoms. The van der Waals surface area contributed by atoms with Crippen molar-refractivity contribution in [2.45, 2.75) is 44.1 Å². The zero-order chi connectivity index (χ0) is 25.9. The van der Waals surface area contributed by atoms with E-state index in [1.807, 2.05) is 13.1 Å². The number of halogens is 2. The number of hydrogen-bond acceptors (Lipinski definition) is 8. The molecular formula is C27H30ClFN4O4. The van der Waals surface area contributed by atoms with Gasteiger partial charge in [-0.15, -0.1) is 0 Å². The third kappa shape index (κ3) is 5.72. The molecule has 2 heterocycles. The summed E-state index contributed by atoms with van der Waals surface area (Å²) in [5, 5.41) is 4.00. The van der Waals surface area contributed by atoms with E-state index in [0.717, 1.165) is 35.1 Å². The summed E-state index contributed by atoms with van der Waals surface area (Å²) in [7, 11) is 3.50. The molecule has 1 aliphatic carbocycles. The summed E-state index contributed by atoms with van der Waals surface area (Å²) >= 11 is 5.99. The Balaban J connectivity index is 1.46. The molecule has 0 amide bonds. The van der Waals surface area contributed by atoms with Gasteiger partial charge < -0.3 is 19.5 Å². The van der Waals surface area contributed by atoms with Crippen molar-refractivity contribution in [2.24, 2.45) is 0 Å². The fraction of sp³-hybridized carbons (Fsp3) is 0.444. The number of ether oxygens (including phenoxy) is 3. The number of aromatic nitrogens is 2. The minimum Gasteiger partial charge on any atom is -0.492 e. The van der Waals surface area contributed by atoms with Crippen molar-refractivity contribution in [3.63, 3.8) is 0 Å². The number of nitrogens with zero attached hydrogens (tertiary/aromatic N) is 3. The van der Waals surface area contributed by atoms with Crippen LogP contribution in [-0.4, -0.2) is 60.8 Å². The minimum atomic E-state index is -0.493. The van der Waals surface area contributed by atoms with Crippen molar-refractivity contribution in [3.05, 3.63) is 46.7 Å². The highest BCUT2D eigenvalue weighted by atomic mass is 35.5. The second-order valence-corrected chi connectivity index (χ2v) is 9.98. The topological polar surface area (TPSA) is 85.8 Å². The van der Waals surface area contributed by atoms with Crippen LogP contribution in [0, 0.1) is 5.82 Å². The summed E-state index contributed by atoms with van der Waals surface area (Å²) < 4.78 is 30.5. The first-order valence-electron chi connectivity index (χ1n) is 12.5. The number of nitrogens with one attached hydrogen (secondary N) is 1. The molecule has 1 saturated heterocycles. The standard InChI is InChI=1S/C27H30ClFN4O4/c1-33(18-12-25(34)37-15-18)9-10-36-24-14-20-23(13-19(24)16-5-3-4-6-16)31-27(35-2)32-26(20)30-17-7-8-22(29)21(28)11-17/h7-8,11,13-14,16,18H,3-6,9-10,12,15H2,1-2H3,(H,30,31,32). The van der Waals surface area contributed by atoms with E-state index in [1.54, 1.807) is 6.07 Å². The van der Waals surface area contributed by atoms with Crippen molar-refractivity contribution < 1.29 is 23.4 Å². The van der Waals surface area contributed by atoms with Crippen LogP contribution in [0.2, 0.25) is 5.02 Å². The number of methoxy groups -OCH3 is 1. The van der Waals surface area contributed by atoms with Gasteiger partial charge in [0, 0.05) is 17.6 Å². The van der Waals surface area contributed by atoms with Crippen molar-refractivity contribution in [1.29, 1.82) is 0 Å². The van der Waals surface area contributed by atoms with Crippen LogP contribution >= 0.6 is 11.6 Å². The molecular weight excluding hydrogens is 499 g/mol. The lowest BCUT2D eigenvalue weighted by Crippen LogP contribution is -2.35. The van der Waals surface area contributed by atoms with Gasteiger partial charge in [0.25, 0.3) is 0 Å². The molecule has 1 aromatic heterocycles. The molecule has 1 aliphatic heterocycles. The Labute approximate surface area is 220 Å². The number of benzene rings is 2. The van der Waals surface area contributed by atoms with Gasteiger partial charge in [0.15, 0.2) is 0 Å². The smallest absolute Gasteiger partial charge is 0.318 e. The van der Waals surface area contributed by atoms with Gasteiger partial charge in [-0.05, 0) is 61.7 Å². The molecule has 10 heteroatoms. The number of hydrogen-bond donors (Lipinski definition) is 1. The Morgan fingerprint density at radius 2 is 2.03 bits per heavy atom. The van der Waals surface area contributed by atoms with Gasteiger partial charge in [0.1, 0.15) is 30.6 Å². The van der Waals surface area contributed by atoms with Gasteiger partial charge in [-0.2, -0.15) is 9.97 Å². The molecule has 0 radical (unpaired) electrons. The number of likely N-dealkylation sites (N-methyl/N-ethyl adjacent to an activating group) is 1. The molecule has 2 fully saturated rings. The summed E-state index contributed by atoms with van der Waals surface area (Å²) in [5.41, 5.74) is 2.45. The normalized spacial score (nSPS) is 18.0. The van der Waals surface area contributed by atoms with Crippen molar-refractivity contribution in [3.8, 4) is 11.8 Å². The van der Waals surface area contributed by atoms with Crippen molar-refractivity contribution in [1.82, 2.24) is 14.9 Å². The lowest BCUT2D eigenvalue weighted by atomic mass is 9.95. The molecule has 2 aromatic carbocycles. The lowest BCUT2D eigenvalue weighted by Gasteiger charge is -2.23. The maximum atomic E-state index is 13.7. The molecule has 5 rings (SSSR count). The van der Waals surface area contributed by atoms with E-state index in [1.165, 1.54) is 32.1 Å². The molecule has 1 unspecified atom stereocenters. The van der Waals surface area contributed by atoms with Gasteiger partial charge >= 0.3 is 12.0 Å². The summed E-state index contributed by atoms with van der Waals surface area (Å²) in [6.45, 7) is 1.53.